The number of carboxylic acid groups (broad SMARTS) is 1. The van der Waals surface area contributed by atoms with Gasteiger partial charge < -0.3 is 24.8 Å². The van der Waals surface area contributed by atoms with Crippen molar-refractivity contribution in [3.8, 4) is 11.6 Å². The molecule has 7 atom stereocenters. The van der Waals surface area contributed by atoms with E-state index in [1.54, 1.807) is 24.3 Å². The molecule has 1 aromatic heterocycles. The van der Waals surface area contributed by atoms with E-state index in [4.69, 9.17) is 9.47 Å². The quantitative estimate of drug-likeness (QED) is 0.256. The molecule has 4 aliphatic rings. The first kappa shape index (κ1) is 43.0. The Hall–Kier alpha value is -4.61. The van der Waals surface area contributed by atoms with Gasteiger partial charge in [-0.05, 0) is 76.7 Å². The highest BCUT2D eigenvalue weighted by atomic mass is 32.2. The number of fused-ring (bicyclic) bond motifs is 3. The van der Waals surface area contributed by atoms with Crippen LogP contribution in [0.2, 0.25) is 0 Å². The van der Waals surface area contributed by atoms with Crippen LogP contribution in [-0.2, 0) is 24.4 Å². The van der Waals surface area contributed by atoms with Gasteiger partial charge in [-0.25, -0.2) is 18.2 Å². The number of allylic oxidation sites excluding steroid dienone is 1. The van der Waals surface area contributed by atoms with Gasteiger partial charge in [-0.1, -0.05) is 51.1 Å². The number of hydrogen-bond donors (Lipinski definition) is 3. The molecule has 14 nitrogen and oxygen atoms in total. The molecule has 0 unspecified atom stereocenters. The smallest absolute Gasteiger partial charge is 0.411 e. The summed E-state index contributed by atoms with van der Waals surface area (Å²) < 4.78 is 84.3. The molecule has 0 spiro atoms. The van der Waals surface area contributed by atoms with Crippen molar-refractivity contribution in [2.24, 2.45) is 17.8 Å². The van der Waals surface area contributed by atoms with Crippen molar-refractivity contribution in [2.75, 3.05) is 13.2 Å². The topological polar surface area (TPSA) is 185 Å². The van der Waals surface area contributed by atoms with E-state index in [1.807, 2.05) is 26.0 Å². The van der Waals surface area contributed by atoms with Gasteiger partial charge in [0.15, 0.2) is 0 Å². The highest BCUT2D eigenvalue weighted by Gasteiger charge is 2.63. The zero-order valence-electron chi connectivity index (χ0n) is 33.3. The first-order valence-corrected chi connectivity index (χ1v) is 21.4. The van der Waals surface area contributed by atoms with Crippen LogP contribution in [0.4, 0.5) is 18.0 Å². The number of halogens is 3. The van der Waals surface area contributed by atoms with Gasteiger partial charge in [0.2, 0.25) is 27.7 Å². The summed E-state index contributed by atoms with van der Waals surface area (Å²) >= 11 is 0. The molecule has 2 aliphatic carbocycles. The molecule has 6 rings (SSSR count). The van der Waals surface area contributed by atoms with Gasteiger partial charge in [0, 0.05) is 23.1 Å². The van der Waals surface area contributed by atoms with Crippen molar-refractivity contribution in [3.05, 3.63) is 42.6 Å². The van der Waals surface area contributed by atoms with E-state index in [9.17, 15) is 45.9 Å². The first-order valence-electron chi connectivity index (χ1n) is 19.8. The number of nitrogens with one attached hydrogen (secondary N) is 2. The third-order valence-electron chi connectivity index (χ3n) is 11.8. The van der Waals surface area contributed by atoms with E-state index in [-0.39, 0.29) is 42.5 Å². The monoisotopic (exact) mass is 835 g/mol. The largest absolute Gasteiger partial charge is 0.491 e. The minimum Gasteiger partial charge on any atom is -0.491 e. The number of benzene rings is 1. The fourth-order valence-corrected chi connectivity index (χ4v) is 9.57. The van der Waals surface area contributed by atoms with Crippen molar-refractivity contribution in [2.45, 2.75) is 127 Å². The second-order valence-corrected chi connectivity index (χ2v) is 18.7. The summed E-state index contributed by atoms with van der Waals surface area (Å²) in [7, 11) is -4.02. The van der Waals surface area contributed by atoms with Crippen LogP contribution in [0.15, 0.2) is 42.6 Å². The number of carbonyl (C=O) groups excluding carboxylic acids is 3. The van der Waals surface area contributed by atoms with E-state index in [0.29, 0.717) is 62.7 Å². The summed E-state index contributed by atoms with van der Waals surface area (Å²) in [6, 6.07) is 3.78. The lowest BCUT2D eigenvalue weighted by Crippen LogP contribution is -2.66. The molecular formula is C40H52F3N5O9S. The molecule has 1 saturated heterocycles. The van der Waals surface area contributed by atoms with Gasteiger partial charge in [-0.2, -0.15) is 13.2 Å². The lowest BCUT2D eigenvalue weighted by atomic mass is 9.85. The maximum absolute atomic E-state index is 15.0. The zero-order chi connectivity index (χ0) is 42.4. The van der Waals surface area contributed by atoms with E-state index < -0.39 is 86.4 Å². The van der Waals surface area contributed by atoms with Crippen molar-refractivity contribution < 1.29 is 55.3 Å². The summed E-state index contributed by atoms with van der Waals surface area (Å²) in [5, 5.41) is 13.7. The minimum atomic E-state index is -5.09. The molecule has 18 heteroatoms. The van der Waals surface area contributed by atoms with E-state index in [0.717, 1.165) is 11.3 Å². The van der Waals surface area contributed by atoms with Gasteiger partial charge in [0.25, 0.3) is 5.91 Å². The average molecular weight is 836 g/mol. The number of ether oxygens (including phenoxy) is 2. The normalized spacial score (nSPS) is 28.9. The molecule has 2 aromatic rings. The fourth-order valence-electron chi connectivity index (χ4n) is 8.20. The highest BCUT2D eigenvalue weighted by molar-refractivity contribution is 7.91. The molecule has 0 bridgehead atoms. The van der Waals surface area contributed by atoms with E-state index >= 15 is 0 Å². The molecule has 3 heterocycles. The van der Waals surface area contributed by atoms with Crippen LogP contribution in [0.1, 0.15) is 86.0 Å². The fraction of sp³-hybridized carbons (Fsp3) is 0.625. The third-order valence-corrected chi connectivity index (χ3v) is 13.6. The minimum absolute atomic E-state index is 0.0615. The standard InChI is InChI=1S/C40H52F3N5O9S/c1-6-17-56-31-21-44-34(29-14-10-9-13-28(29)31)57-26-19-30-33(49)45-39(36(51)46-58(54,55)27-15-16-27)20-25(39)12-8-7-11-23(2)18-24(3)32(35(50)47(30)22-26)48(37(52)53)38(4,5)40(41,42)43/h8-10,12-14,21,23-27,30,32H,6-7,11,15-20,22H2,1-5H3,(H,45,49)(H,46,51)(H,52,53)/b12-8-/t23-,24+,25+,26+,30-,32-,39+/m0/s1. The molecule has 0 radical (unpaired) electrons. The predicted molar refractivity (Wildman–Crippen MR) is 206 cm³/mol. The number of amides is 4. The SMILES string of the molecule is CCCOc1cnc(O[C@@H]2C[C@H]3C(=O)N[C@]4(C(=O)NS(=O)(=O)C5CC5)C[C@H]4/C=C\CC[C@H](C)C[C@@H](C)[C@H](N(C(=O)O)C(C)(C)C(F)(F)F)C(=O)N3C2)c2ccccc12. The molecule has 318 valence electrons. The number of nitrogens with zero attached hydrogens (tertiary/aromatic N) is 3. The first-order chi connectivity index (χ1) is 27.2. The highest BCUT2D eigenvalue weighted by Crippen LogP contribution is 2.47. The molecule has 2 aliphatic heterocycles. The molecule has 58 heavy (non-hydrogen) atoms. The van der Waals surface area contributed by atoms with Crippen LogP contribution in [0, 0.1) is 17.8 Å². The van der Waals surface area contributed by atoms with Crippen molar-refractivity contribution in [1.29, 1.82) is 0 Å². The van der Waals surface area contributed by atoms with Crippen LogP contribution >= 0.6 is 0 Å². The molecule has 3 fully saturated rings. The summed E-state index contributed by atoms with van der Waals surface area (Å²) in [5.41, 5.74) is -4.73. The second-order valence-electron chi connectivity index (χ2n) is 16.7. The Balaban J connectivity index is 1.42. The average Bonchev–Trinajstić information content (AvgIpc) is 4.07. The van der Waals surface area contributed by atoms with Crippen molar-refractivity contribution >= 4 is 44.6 Å². The Kier molecular flexibility index (Phi) is 12.0. The zero-order valence-corrected chi connectivity index (χ0v) is 34.1. The molecule has 1 aromatic carbocycles. The number of rotatable bonds is 10. The number of carbonyl (C=O) groups is 4. The number of alkyl halides is 3. The molecule has 4 amide bonds. The Bertz CT molecular complexity index is 2060. The molecular weight excluding hydrogens is 784 g/mol. The number of pyridine rings is 1. The molecule has 2 saturated carbocycles. The Morgan fingerprint density at radius 2 is 1.79 bits per heavy atom. The Labute approximate surface area is 335 Å². The maximum atomic E-state index is 15.0. The predicted octanol–water partition coefficient (Wildman–Crippen LogP) is 5.56. The summed E-state index contributed by atoms with van der Waals surface area (Å²) in [5.74, 6) is -3.92. The number of hydrogen-bond acceptors (Lipinski definition) is 9. The van der Waals surface area contributed by atoms with Gasteiger partial charge >= 0.3 is 12.3 Å². The number of sulfonamides is 1. The van der Waals surface area contributed by atoms with Gasteiger partial charge in [-0.3, -0.25) is 24.0 Å². The van der Waals surface area contributed by atoms with Crippen molar-refractivity contribution in [1.82, 2.24) is 24.8 Å². The van der Waals surface area contributed by atoms with Crippen molar-refractivity contribution in [3.63, 3.8) is 0 Å². The van der Waals surface area contributed by atoms with Crippen LogP contribution in [-0.4, -0.2) is 106 Å². The van der Waals surface area contributed by atoms with Gasteiger partial charge in [0.1, 0.15) is 35.0 Å². The third kappa shape index (κ3) is 8.57. The Morgan fingerprint density at radius 1 is 1.10 bits per heavy atom. The molecule has 3 N–H and O–H groups in total. The van der Waals surface area contributed by atoms with Crippen LogP contribution in [0.25, 0.3) is 10.8 Å². The van der Waals surface area contributed by atoms with Gasteiger partial charge in [-0.15, -0.1) is 0 Å². The van der Waals surface area contributed by atoms with E-state index in [2.05, 4.69) is 15.0 Å². The van der Waals surface area contributed by atoms with Gasteiger partial charge in [0.05, 0.1) is 24.6 Å². The lowest BCUT2D eigenvalue weighted by molar-refractivity contribution is -0.222. The van der Waals surface area contributed by atoms with Crippen LogP contribution < -0.4 is 19.5 Å². The second kappa shape index (κ2) is 16.2. The van der Waals surface area contributed by atoms with Crippen LogP contribution in [0.3, 0.4) is 0 Å². The summed E-state index contributed by atoms with van der Waals surface area (Å²) in [4.78, 5) is 61.9. The van der Waals surface area contributed by atoms with E-state index in [1.165, 1.54) is 13.1 Å². The number of aromatic nitrogens is 1. The summed E-state index contributed by atoms with van der Waals surface area (Å²) in [6.45, 7) is 6.81. The summed E-state index contributed by atoms with van der Waals surface area (Å²) in [6.07, 6.45) is -0.475. The Morgan fingerprint density at radius 3 is 2.43 bits per heavy atom. The lowest BCUT2D eigenvalue weighted by Gasteiger charge is -2.45. The van der Waals surface area contributed by atoms with Crippen LogP contribution in [0.5, 0.6) is 11.6 Å². The maximum Gasteiger partial charge on any atom is 0.411 e.